The van der Waals surface area contributed by atoms with E-state index in [1.165, 1.54) is 23.1 Å². The van der Waals surface area contributed by atoms with Crippen LogP contribution in [0.25, 0.3) is 11.1 Å². The summed E-state index contributed by atoms with van der Waals surface area (Å²) in [5, 5.41) is 3.65. The lowest BCUT2D eigenvalue weighted by Gasteiger charge is -2.07. The molecular weight excluding hydrogens is 390 g/mol. The van der Waals surface area contributed by atoms with Crippen LogP contribution in [0, 0.1) is 0 Å². The van der Waals surface area contributed by atoms with Gasteiger partial charge in [-0.25, -0.2) is 0 Å². The summed E-state index contributed by atoms with van der Waals surface area (Å²) in [4.78, 5) is 12.8. The highest BCUT2D eigenvalue weighted by Crippen LogP contribution is 2.41. The van der Waals surface area contributed by atoms with Gasteiger partial charge in [0.15, 0.2) is 5.78 Å². The summed E-state index contributed by atoms with van der Waals surface area (Å²) in [7, 11) is 0. The first-order valence-corrected chi connectivity index (χ1v) is 11.3. The Labute approximate surface area is 189 Å². The van der Waals surface area contributed by atoms with Crippen LogP contribution in [-0.2, 0) is 13.0 Å². The molecule has 0 spiro atoms. The summed E-state index contributed by atoms with van der Waals surface area (Å²) in [6, 6.07) is 37.8. The number of ketones is 1. The second-order valence-electron chi connectivity index (χ2n) is 8.60. The van der Waals surface area contributed by atoms with Gasteiger partial charge in [-0.15, -0.1) is 0 Å². The van der Waals surface area contributed by atoms with Crippen molar-refractivity contribution in [1.82, 2.24) is 5.32 Å². The van der Waals surface area contributed by atoms with E-state index in [1.54, 1.807) is 0 Å². The van der Waals surface area contributed by atoms with Crippen molar-refractivity contribution in [2.45, 2.75) is 31.3 Å². The first kappa shape index (κ1) is 20.4. The molecule has 1 aliphatic rings. The number of carbonyl (C=O) groups is 1. The van der Waals surface area contributed by atoms with E-state index < -0.39 is 0 Å². The zero-order valence-electron chi connectivity index (χ0n) is 18.1. The third-order valence-electron chi connectivity index (χ3n) is 6.29. The Bertz CT molecular complexity index is 1170. The van der Waals surface area contributed by atoms with Gasteiger partial charge in [0, 0.05) is 30.5 Å². The third-order valence-corrected chi connectivity index (χ3v) is 6.29. The average Bonchev–Trinajstić information content (AvgIpc) is 3.64. The minimum Gasteiger partial charge on any atom is -0.309 e. The van der Waals surface area contributed by atoms with Crippen molar-refractivity contribution in [3.63, 3.8) is 0 Å². The normalized spacial score (nSPS) is 17.1. The van der Waals surface area contributed by atoms with E-state index in [9.17, 15) is 4.79 Å². The van der Waals surface area contributed by atoms with Crippen LogP contribution in [-0.4, -0.2) is 11.8 Å². The quantitative estimate of drug-likeness (QED) is 0.335. The number of Topliss-reactive ketones (excluding diaryl/α,β-unsaturated/α-hetero) is 1. The molecule has 1 fully saturated rings. The zero-order chi connectivity index (χ0) is 21.8. The molecule has 0 aliphatic heterocycles. The standard InChI is InChI=1S/C30H27NO/c32-30(27-17-15-25(16-18-27)24-9-5-2-6-10-24)19-22-11-13-26(14-12-22)28-20-29(28)31-21-23-7-3-1-4-8-23/h1-18,28-29,31H,19-21H2. The molecule has 2 nitrogen and oxygen atoms in total. The van der Waals surface area contributed by atoms with Crippen molar-refractivity contribution >= 4 is 5.78 Å². The molecule has 2 atom stereocenters. The van der Waals surface area contributed by atoms with Crippen LogP contribution in [0.1, 0.15) is 39.4 Å². The maximum atomic E-state index is 12.8. The molecule has 0 radical (unpaired) electrons. The number of nitrogens with one attached hydrogen (secondary N) is 1. The lowest BCUT2D eigenvalue weighted by Crippen LogP contribution is -2.17. The van der Waals surface area contributed by atoms with Crippen LogP contribution in [0.4, 0.5) is 0 Å². The molecule has 0 heterocycles. The summed E-state index contributed by atoms with van der Waals surface area (Å²) >= 11 is 0. The van der Waals surface area contributed by atoms with Gasteiger partial charge in [-0.2, -0.15) is 0 Å². The van der Waals surface area contributed by atoms with Crippen LogP contribution in [0.5, 0.6) is 0 Å². The molecule has 0 amide bonds. The molecule has 158 valence electrons. The van der Waals surface area contributed by atoms with Crippen molar-refractivity contribution in [2.24, 2.45) is 0 Å². The summed E-state index contributed by atoms with van der Waals surface area (Å²) in [6.07, 6.45) is 1.62. The monoisotopic (exact) mass is 417 g/mol. The molecular formula is C30H27NO. The fraction of sp³-hybridized carbons (Fsp3) is 0.167. The van der Waals surface area contributed by atoms with Gasteiger partial charge in [-0.3, -0.25) is 4.79 Å². The second kappa shape index (κ2) is 9.33. The minimum atomic E-state index is 0.159. The predicted molar refractivity (Wildman–Crippen MR) is 131 cm³/mol. The first-order chi connectivity index (χ1) is 15.8. The van der Waals surface area contributed by atoms with Crippen molar-refractivity contribution in [3.05, 3.63) is 131 Å². The fourth-order valence-corrected chi connectivity index (χ4v) is 4.28. The van der Waals surface area contributed by atoms with Crippen molar-refractivity contribution in [3.8, 4) is 11.1 Å². The van der Waals surface area contributed by atoms with E-state index in [1.807, 2.05) is 42.5 Å². The van der Waals surface area contributed by atoms with Gasteiger partial charge in [0.2, 0.25) is 0 Å². The Balaban J connectivity index is 1.15. The molecule has 2 heteroatoms. The Kier molecular flexibility index (Phi) is 5.96. The molecule has 1 aliphatic carbocycles. The lowest BCUT2D eigenvalue weighted by atomic mass is 9.98. The Morgan fingerprint density at radius 3 is 2.00 bits per heavy atom. The smallest absolute Gasteiger partial charge is 0.167 e. The van der Waals surface area contributed by atoms with Crippen LogP contribution in [0.2, 0.25) is 0 Å². The van der Waals surface area contributed by atoms with E-state index in [0.29, 0.717) is 18.4 Å². The topological polar surface area (TPSA) is 29.1 Å². The van der Waals surface area contributed by atoms with E-state index >= 15 is 0 Å². The van der Waals surface area contributed by atoms with Crippen LogP contribution in [0.15, 0.2) is 109 Å². The fourth-order valence-electron chi connectivity index (χ4n) is 4.28. The van der Waals surface area contributed by atoms with Gasteiger partial charge in [-0.1, -0.05) is 109 Å². The van der Waals surface area contributed by atoms with Crippen LogP contribution < -0.4 is 5.32 Å². The number of hydrogen-bond acceptors (Lipinski definition) is 2. The van der Waals surface area contributed by atoms with E-state index in [4.69, 9.17) is 0 Å². The molecule has 32 heavy (non-hydrogen) atoms. The Morgan fingerprint density at radius 2 is 1.31 bits per heavy atom. The second-order valence-corrected chi connectivity index (χ2v) is 8.60. The van der Waals surface area contributed by atoms with E-state index in [0.717, 1.165) is 23.2 Å². The number of rotatable bonds is 8. The Hall–Kier alpha value is -3.49. The highest BCUT2D eigenvalue weighted by molar-refractivity contribution is 5.97. The lowest BCUT2D eigenvalue weighted by molar-refractivity contribution is 0.0993. The maximum Gasteiger partial charge on any atom is 0.167 e. The zero-order valence-corrected chi connectivity index (χ0v) is 18.1. The first-order valence-electron chi connectivity index (χ1n) is 11.3. The maximum absolute atomic E-state index is 12.8. The van der Waals surface area contributed by atoms with Crippen molar-refractivity contribution < 1.29 is 4.79 Å². The molecule has 0 saturated heterocycles. The molecule has 1 saturated carbocycles. The van der Waals surface area contributed by atoms with Gasteiger partial charge in [0.05, 0.1) is 0 Å². The van der Waals surface area contributed by atoms with Gasteiger partial charge in [0.1, 0.15) is 0 Å². The molecule has 4 aromatic carbocycles. The summed E-state index contributed by atoms with van der Waals surface area (Å²) < 4.78 is 0. The molecule has 0 bridgehead atoms. The molecule has 0 aromatic heterocycles. The van der Waals surface area contributed by atoms with Gasteiger partial charge >= 0.3 is 0 Å². The third kappa shape index (κ3) is 4.87. The van der Waals surface area contributed by atoms with Crippen molar-refractivity contribution in [2.75, 3.05) is 0 Å². The predicted octanol–water partition coefficient (Wildman–Crippen LogP) is 6.42. The largest absolute Gasteiger partial charge is 0.309 e. The summed E-state index contributed by atoms with van der Waals surface area (Å²) in [5.74, 6) is 0.736. The number of hydrogen-bond donors (Lipinski definition) is 1. The van der Waals surface area contributed by atoms with Gasteiger partial charge in [-0.05, 0) is 34.2 Å². The van der Waals surface area contributed by atoms with Crippen LogP contribution >= 0.6 is 0 Å². The van der Waals surface area contributed by atoms with E-state index in [2.05, 4.69) is 72.0 Å². The highest BCUT2D eigenvalue weighted by atomic mass is 16.1. The summed E-state index contributed by atoms with van der Waals surface area (Å²) in [6.45, 7) is 0.914. The minimum absolute atomic E-state index is 0.159. The van der Waals surface area contributed by atoms with Gasteiger partial charge < -0.3 is 5.32 Å². The van der Waals surface area contributed by atoms with Crippen molar-refractivity contribution in [1.29, 1.82) is 0 Å². The SMILES string of the molecule is O=C(Cc1ccc(C2CC2NCc2ccccc2)cc1)c1ccc(-c2ccccc2)cc1. The number of benzene rings is 4. The molecule has 4 aromatic rings. The molecule has 2 unspecified atom stereocenters. The van der Waals surface area contributed by atoms with Gasteiger partial charge in [0.25, 0.3) is 0 Å². The van der Waals surface area contributed by atoms with E-state index in [-0.39, 0.29) is 5.78 Å². The highest BCUT2D eigenvalue weighted by Gasteiger charge is 2.37. The summed E-state index contributed by atoms with van der Waals surface area (Å²) in [5.41, 5.74) is 6.81. The Morgan fingerprint density at radius 1 is 0.688 bits per heavy atom. The van der Waals surface area contributed by atoms with Crippen LogP contribution in [0.3, 0.4) is 0 Å². The molecule has 1 N–H and O–H groups in total. The average molecular weight is 418 g/mol. The molecule has 5 rings (SSSR count). The number of carbonyl (C=O) groups excluding carboxylic acids is 1.